The van der Waals surface area contributed by atoms with Crippen LogP contribution in [0.5, 0.6) is 0 Å². The van der Waals surface area contributed by atoms with E-state index in [4.69, 9.17) is 4.74 Å². The van der Waals surface area contributed by atoms with Gasteiger partial charge in [0.2, 0.25) is 0 Å². The van der Waals surface area contributed by atoms with Crippen molar-refractivity contribution in [1.82, 2.24) is 0 Å². The smallest absolute Gasteiger partial charge is 0.162 e. The number of hydrogen-bond donors (Lipinski definition) is 0. The molecule has 0 saturated heterocycles. The average molecular weight is 264 g/mol. The van der Waals surface area contributed by atoms with Gasteiger partial charge in [0.15, 0.2) is 5.78 Å². The van der Waals surface area contributed by atoms with Gasteiger partial charge in [-0.1, -0.05) is 33.3 Å². The molecule has 0 aromatic carbocycles. The molecule has 0 heterocycles. The molecule has 0 aromatic rings. The molecule has 19 heavy (non-hydrogen) atoms. The van der Waals surface area contributed by atoms with Crippen LogP contribution in [-0.4, -0.2) is 12.4 Å². The lowest BCUT2D eigenvalue weighted by molar-refractivity contribution is -0.123. The molecule has 0 saturated carbocycles. The Morgan fingerprint density at radius 3 is 2.63 bits per heavy atom. The number of allylic oxidation sites excluding steroid dienone is 3. The van der Waals surface area contributed by atoms with E-state index in [1.807, 2.05) is 6.92 Å². The Morgan fingerprint density at radius 2 is 2.16 bits per heavy atom. The predicted molar refractivity (Wildman–Crippen MR) is 79.8 cm³/mol. The van der Waals surface area contributed by atoms with E-state index in [1.165, 1.54) is 0 Å². The van der Waals surface area contributed by atoms with Crippen molar-refractivity contribution in [2.24, 2.45) is 17.3 Å². The van der Waals surface area contributed by atoms with Crippen molar-refractivity contribution < 1.29 is 9.53 Å². The van der Waals surface area contributed by atoms with Gasteiger partial charge in [-0.15, -0.1) is 6.58 Å². The second-order valence-electron chi connectivity index (χ2n) is 6.93. The Kier molecular flexibility index (Phi) is 5.39. The topological polar surface area (TPSA) is 26.3 Å². The maximum absolute atomic E-state index is 12.3. The van der Waals surface area contributed by atoms with Crippen molar-refractivity contribution >= 4 is 5.78 Å². The number of carbonyl (C=O) groups is 1. The third-order valence-corrected chi connectivity index (χ3v) is 3.68. The maximum atomic E-state index is 12.3. The average Bonchev–Trinajstić information content (AvgIpc) is 2.23. The summed E-state index contributed by atoms with van der Waals surface area (Å²) in [6.07, 6.45) is 4.40. The lowest BCUT2D eigenvalue weighted by atomic mass is 9.68. The Hall–Kier alpha value is -1.05. The predicted octanol–water partition coefficient (Wildman–Crippen LogP) is 4.51. The number of hydrogen-bond acceptors (Lipinski definition) is 2. The van der Waals surface area contributed by atoms with Gasteiger partial charge in [0.25, 0.3) is 0 Å². The van der Waals surface area contributed by atoms with Gasteiger partial charge in [-0.3, -0.25) is 4.79 Å². The summed E-state index contributed by atoms with van der Waals surface area (Å²) in [5.41, 5.74) is 1.13. The van der Waals surface area contributed by atoms with Gasteiger partial charge in [0.05, 0.1) is 6.61 Å². The van der Waals surface area contributed by atoms with Gasteiger partial charge in [-0.25, -0.2) is 0 Å². The molecule has 0 aromatic heterocycles. The molecule has 0 amide bonds. The van der Waals surface area contributed by atoms with Crippen LogP contribution in [0.4, 0.5) is 0 Å². The van der Waals surface area contributed by atoms with Crippen molar-refractivity contribution in [2.45, 2.75) is 53.9 Å². The number of ether oxygens (including phenoxy) is 1. The maximum Gasteiger partial charge on any atom is 0.162 e. The van der Waals surface area contributed by atoms with Crippen molar-refractivity contribution in [3.63, 3.8) is 0 Å². The number of carbonyl (C=O) groups excluding carboxylic acids is 1. The normalized spacial score (nSPS) is 22.3. The van der Waals surface area contributed by atoms with Crippen LogP contribution < -0.4 is 0 Å². The van der Waals surface area contributed by atoms with Crippen molar-refractivity contribution in [1.29, 1.82) is 0 Å². The summed E-state index contributed by atoms with van der Waals surface area (Å²) < 4.78 is 5.75. The quantitative estimate of drug-likeness (QED) is 0.660. The SMILES string of the molecule is C=C(C)CC[C@@H]1C(=O)C=C(OCC(C)C)CC1(C)C. The molecule has 0 radical (unpaired) electrons. The lowest BCUT2D eigenvalue weighted by Gasteiger charge is -2.37. The first-order valence-electron chi connectivity index (χ1n) is 7.24. The summed E-state index contributed by atoms with van der Waals surface area (Å²) in [4.78, 5) is 12.3. The van der Waals surface area contributed by atoms with Crippen molar-refractivity contribution in [3.05, 3.63) is 24.0 Å². The first kappa shape index (κ1) is 16.0. The van der Waals surface area contributed by atoms with Crippen LogP contribution in [0.3, 0.4) is 0 Å². The Morgan fingerprint density at radius 1 is 1.53 bits per heavy atom. The molecule has 1 aliphatic rings. The van der Waals surface area contributed by atoms with E-state index in [-0.39, 0.29) is 17.1 Å². The third kappa shape index (κ3) is 4.85. The highest BCUT2D eigenvalue weighted by Gasteiger charge is 2.38. The van der Waals surface area contributed by atoms with Gasteiger partial charge in [0, 0.05) is 18.4 Å². The lowest BCUT2D eigenvalue weighted by Crippen LogP contribution is -2.35. The molecule has 2 nitrogen and oxygen atoms in total. The van der Waals surface area contributed by atoms with Crippen LogP contribution in [0.25, 0.3) is 0 Å². The highest BCUT2D eigenvalue weighted by molar-refractivity contribution is 5.93. The van der Waals surface area contributed by atoms with Gasteiger partial charge >= 0.3 is 0 Å². The van der Waals surface area contributed by atoms with Crippen molar-refractivity contribution in [3.8, 4) is 0 Å². The second-order valence-corrected chi connectivity index (χ2v) is 6.93. The molecule has 0 aliphatic heterocycles. The van der Waals surface area contributed by atoms with E-state index in [0.717, 1.165) is 30.6 Å². The molecule has 2 heteroatoms. The minimum Gasteiger partial charge on any atom is -0.498 e. The van der Waals surface area contributed by atoms with E-state index < -0.39 is 0 Å². The molecule has 0 spiro atoms. The van der Waals surface area contributed by atoms with E-state index in [1.54, 1.807) is 6.08 Å². The molecule has 1 atom stereocenters. The van der Waals surface area contributed by atoms with E-state index in [2.05, 4.69) is 34.3 Å². The second kappa shape index (κ2) is 6.40. The van der Waals surface area contributed by atoms with Crippen LogP contribution >= 0.6 is 0 Å². The fourth-order valence-electron chi connectivity index (χ4n) is 2.56. The summed E-state index contributed by atoms with van der Waals surface area (Å²) in [6.45, 7) is 15.2. The molecule has 0 fully saturated rings. The largest absolute Gasteiger partial charge is 0.498 e. The third-order valence-electron chi connectivity index (χ3n) is 3.68. The number of rotatable bonds is 6. The minimum absolute atomic E-state index is 0.0202. The fraction of sp³-hybridized carbons (Fsp3) is 0.706. The van der Waals surface area contributed by atoms with Gasteiger partial charge in [0.1, 0.15) is 5.76 Å². The van der Waals surface area contributed by atoms with E-state index in [9.17, 15) is 4.79 Å². The van der Waals surface area contributed by atoms with Crippen LogP contribution in [0.1, 0.15) is 53.9 Å². The molecular weight excluding hydrogens is 236 g/mol. The zero-order chi connectivity index (χ0) is 14.6. The summed E-state index contributed by atoms with van der Waals surface area (Å²) >= 11 is 0. The zero-order valence-electron chi connectivity index (χ0n) is 13.1. The van der Waals surface area contributed by atoms with Gasteiger partial charge < -0.3 is 4.74 Å². The monoisotopic (exact) mass is 264 g/mol. The fourth-order valence-corrected chi connectivity index (χ4v) is 2.56. The zero-order valence-corrected chi connectivity index (χ0v) is 13.1. The van der Waals surface area contributed by atoms with Crippen molar-refractivity contribution in [2.75, 3.05) is 6.61 Å². The van der Waals surface area contributed by atoms with Crippen LogP contribution in [-0.2, 0) is 9.53 Å². The van der Waals surface area contributed by atoms with Gasteiger partial charge in [-0.05, 0) is 31.1 Å². The molecule has 0 bridgehead atoms. The Labute approximate surface area is 117 Å². The molecular formula is C17H28O2. The Bertz CT molecular complexity index is 375. The highest BCUT2D eigenvalue weighted by Crippen LogP contribution is 2.41. The summed E-state index contributed by atoms with van der Waals surface area (Å²) in [7, 11) is 0. The molecule has 0 unspecified atom stereocenters. The standard InChI is InChI=1S/C17H28O2/c1-12(2)7-8-15-16(18)9-14(10-17(15,5)6)19-11-13(3)4/h9,13,15H,1,7-8,10-11H2,2-6H3/t15-/m1/s1. The number of ketones is 1. The summed E-state index contributed by atoms with van der Waals surface area (Å²) in [6, 6.07) is 0. The summed E-state index contributed by atoms with van der Waals surface area (Å²) in [5, 5.41) is 0. The molecule has 108 valence electrons. The van der Waals surface area contributed by atoms with Crippen LogP contribution in [0.2, 0.25) is 0 Å². The summed E-state index contributed by atoms with van der Waals surface area (Å²) in [5.74, 6) is 1.65. The first-order chi connectivity index (χ1) is 8.72. The minimum atomic E-state index is -0.0202. The van der Waals surface area contributed by atoms with E-state index in [0.29, 0.717) is 12.5 Å². The van der Waals surface area contributed by atoms with Crippen LogP contribution in [0.15, 0.2) is 24.0 Å². The van der Waals surface area contributed by atoms with E-state index >= 15 is 0 Å². The molecule has 0 N–H and O–H groups in total. The molecule has 1 aliphatic carbocycles. The van der Waals surface area contributed by atoms with Gasteiger partial charge in [-0.2, -0.15) is 0 Å². The Balaban J connectivity index is 2.72. The first-order valence-corrected chi connectivity index (χ1v) is 7.24. The van der Waals surface area contributed by atoms with Crippen LogP contribution in [0, 0.1) is 17.3 Å². The highest BCUT2D eigenvalue weighted by atomic mass is 16.5. The molecule has 1 rings (SSSR count).